The molecule has 2 nitrogen and oxygen atoms in total. The van der Waals surface area contributed by atoms with Gasteiger partial charge in [0.05, 0.1) is 13.2 Å². The molecule has 0 spiro atoms. The molecular formula is C14H20O2. The summed E-state index contributed by atoms with van der Waals surface area (Å²) in [5.74, 6) is 1.86. The van der Waals surface area contributed by atoms with Crippen LogP contribution in [0.25, 0.3) is 0 Å². The minimum Gasteiger partial charge on any atom is -0.493 e. The Bertz CT molecular complexity index is 356. The lowest BCUT2D eigenvalue weighted by Crippen LogP contribution is -2.08. The Morgan fingerprint density at radius 1 is 1.25 bits per heavy atom. The van der Waals surface area contributed by atoms with Crippen molar-refractivity contribution in [1.82, 2.24) is 0 Å². The third-order valence-corrected chi connectivity index (χ3v) is 2.42. The fourth-order valence-corrected chi connectivity index (χ4v) is 1.58. The second-order valence-electron chi connectivity index (χ2n) is 4.07. The van der Waals surface area contributed by atoms with E-state index in [1.807, 2.05) is 38.1 Å². The maximum atomic E-state index is 5.71. The molecular weight excluding hydrogens is 200 g/mol. The molecule has 0 heterocycles. The molecule has 1 aromatic carbocycles. The van der Waals surface area contributed by atoms with Gasteiger partial charge >= 0.3 is 0 Å². The van der Waals surface area contributed by atoms with Gasteiger partial charge in [-0.05, 0) is 19.9 Å². The molecule has 2 heteroatoms. The first kappa shape index (κ1) is 12.6. The fraction of sp³-hybridized carbons (Fsp3) is 0.429. The fourth-order valence-electron chi connectivity index (χ4n) is 1.58. The molecule has 1 rings (SSSR count). The first-order valence-electron chi connectivity index (χ1n) is 5.56. The van der Waals surface area contributed by atoms with E-state index in [0.29, 0.717) is 0 Å². The Labute approximate surface area is 97.9 Å². The zero-order chi connectivity index (χ0) is 12.1. The number of hydrogen-bond acceptors (Lipinski definition) is 2. The maximum absolute atomic E-state index is 5.71. The SMILES string of the molecule is C=CC(C)c1cccc(OC(C)C)c1OC. The summed E-state index contributed by atoms with van der Waals surface area (Å²) in [6, 6.07) is 5.95. The Morgan fingerprint density at radius 2 is 1.94 bits per heavy atom. The summed E-state index contributed by atoms with van der Waals surface area (Å²) in [7, 11) is 1.67. The van der Waals surface area contributed by atoms with Crippen LogP contribution in [0.4, 0.5) is 0 Å². The van der Waals surface area contributed by atoms with Gasteiger partial charge < -0.3 is 9.47 Å². The van der Waals surface area contributed by atoms with E-state index in [0.717, 1.165) is 17.1 Å². The number of allylic oxidation sites excluding steroid dienone is 1. The van der Waals surface area contributed by atoms with Crippen molar-refractivity contribution in [2.45, 2.75) is 32.8 Å². The van der Waals surface area contributed by atoms with Gasteiger partial charge in [0.15, 0.2) is 11.5 Å². The molecule has 0 N–H and O–H groups in total. The number of benzene rings is 1. The van der Waals surface area contributed by atoms with Crippen LogP contribution >= 0.6 is 0 Å². The molecule has 16 heavy (non-hydrogen) atoms. The van der Waals surface area contributed by atoms with E-state index in [4.69, 9.17) is 9.47 Å². The van der Waals surface area contributed by atoms with Gasteiger partial charge in [-0.25, -0.2) is 0 Å². The number of para-hydroxylation sites is 1. The topological polar surface area (TPSA) is 18.5 Å². The number of ether oxygens (including phenoxy) is 2. The molecule has 0 aromatic heterocycles. The highest BCUT2D eigenvalue weighted by Gasteiger charge is 2.14. The molecule has 0 bridgehead atoms. The Balaban J connectivity index is 3.14. The van der Waals surface area contributed by atoms with Crippen LogP contribution in [-0.2, 0) is 0 Å². The Morgan fingerprint density at radius 3 is 2.44 bits per heavy atom. The summed E-state index contributed by atoms with van der Waals surface area (Å²) in [4.78, 5) is 0. The lowest BCUT2D eigenvalue weighted by molar-refractivity contribution is 0.229. The molecule has 0 aliphatic rings. The summed E-state index contributed by atoms with van der Waals surface area (Å²) in [5.41, 5.74) is 1.11. The van der Waals surface area contributed by atoms with Crippen molar-refractivity contribution in [1.29, 1.82) is 0 Å². The summed E-state index contributed by atoms with van der Waals surface area (Å²) in [6.45, 7) is 9.90. The van der Waals surface area contributed by atoms with Gasteiger partial charge in [0.1, 0.15) is 0 Å². The maximum Gasteiger partial charge on any atom is 0.164 e. The molecule has 0 saturated heterocycles. The van der Waals surface area contributed by atoms with E-state index >= 15 is 0 Å². The van der Waals surface area contributed by atoms with Crippen LogP contribution in [0.2, 0.25) is 0 Å². The molecule has 0 radical (unpaired) electrons. The first-order valence-corrected chi connectivity index (χ1v) is 5.56. The standard InChI is InChI=1S/C14H20O2/c1-6-11(4)12-8-7-9-13(14(12)15-5)16-10(2)3/h6-11H,1H2,2-5H3. The number of methoxy groups -OCH3 is 1. The van der Waals surface area contributed by atoms with Crippen LogP contribution in [0.3, 0.4) is 0 Å². The van der Waals surface area contributed by atoms with Gasteiger partial charge in [0.25, 0.3) is 0 Å². The van der Waals surface area contributed by atoms with Crippen molar-refractivity contribution in [2.24, 2.45) is 0 Å². The lowest BCUT2D eigenvalue weighted by Gasteiger charge is -2.18. The van der Waals surface area contributed by atoms with Gasteiger partial charge in [-0.3, -0.25) is 0 Å². The Hall–Kier alpha value is -1.44. The third-order valence-electron chi connectivity index (χ3n) is 2.42. The van der Waals surface area contributed by atoms with E-state index in [-0.39, 0.29) is 12.0 Å². The van der Waals surface area contributed by atoms with Gasteiger partial charge in [-0.2, -0.15) is 0 Å². The Kier molecular flexibility index (Phi) is 4.41. The van der Waals surface area contributed by atoms with Crippen molar-refractivity contribution in [3.05, 3.63) is 36.4 Å². The molecule has 1 atom stereocenters. The minimum absolute atomic E-state index is 0.142. The summed E-state index contributed by atoms with van der Waals surface area (Å²) in [5, 5.41) is 0. The molecule has 0 amide bonds. The molecule has 0 saturated carbocycles. The van der Waals surface area contributed by atoms with E-state index in [1.54, 1.807) is 7.11 Å². The second kappa shape index (κ2) is 5.59. The van der Waals surface area contributed by atoms with E-state index in [2.05, 4.69) is 13.5 Å². The van der Waals surface area contributed by atoms with E-state index in [9.17, 15) is 0 Å². The average Bonchev–Trinajstić information content (AvgIpc) is 2.27. The normalized spacial score (nSPS) is 12.3. The molecule has 88 valence electrons. The van der Waals surface area contributed by atoms with Crippen LogP contribution in [0.1, 0.15) is 32.3 Å². The largest absolute Gasteiger partial charge is 0.493 e. The molecule has 0 fully saturated rings. The molecule has 1 unspecified atom stereocenters. The van der Waals surface area contributed by atoms with Crippen molar-refractivity contribution in [3.8, 4) is 11.5 Å². The van der Waals surface area contributed by atoms with Crippen molar-refractivity contribution in [3.63, 3.8) is 0 Å². The highest BCUT2D eigenvalue weighted by molar-refractivity contribution is 5.49. The van der Waals surface area contributed by atoms with Gasteiger partial charge in [-0.1, -0.05) is 25.1 Å². The molecule has 0 aliphatic heterocycles. The molecule has 0 aliphatic carbocycles. The monoisotopic (exact) mass is 220 g/mol. The van der Waals surface area contributed by atoms with Crippen molar-refractivity contribution >= 4 is 0 Å². The summed E-state index contributed by atoms with van der Waals surface area (Å²) >= 11 is 0. The van der Waals surface area contributed by atoms with Crippen LogP contribution < -0.4 is 9.47 Å². The highest BCUT2D eigenvalue weighted by atomic mass is 16.5. The highest BCUT2D eigenvalue weighted by Crippen LogP contribution is 2.36. The second-order valence-corrected chi connectivity index (χ2v) is 4.07. The van der Waals surface area contributed by atoms with Crippen molar-refractivity contribution < 1.29 is 9.47 Å². The third kappa shape index (κ3) is 2.78. The van der Waals surface area contributed by atoms with E-state index < -0.39 is 0 Å². The average molecular weight is 220 g/mol. The van der Waals surface area contributed by atoms with Crippen LogP contribution in [-0.4, -0.2) is 13.2 Å². The minimum atomic E-state index is 0.142. The summed E-state index contributed by atoms with van der Waals surface area (Å²) in [6.07, 6.45) is 2.04. The van der Waals surface area contributed by atoms with Gasteiger partial charge in [0, 0.05) is 11.5 Å². The number of rotatable bonds is 5. The predicted octanol–water partition coefficient (Wildman–Crippen LogP) is 3.77. The van der Waals surface area contributed by atoms with Crippen LogP contribution in [0.15, 0.2) is 30.9 Å². The number of hydrogen-bond donors (Lipinski definition) is 0. The van der Waals surface area contributed by atoms with Crippen molar-refractivity contribution in [2.75, 3.05) is 7.11 Å². The first-order chi connectivity index (χ1) is 7.60. The quantitative estimate of drug-likeness (QED) is 0.703. The predicted molar refractivity (Wildman–Crippen MR) is 67.4 cm³/mol. The summed E-state index contributed by atoms with van der Waals surface area (Å²) < 4.78 is 11.1. The lowest BCUT2D eigenvalue weighted by atomic mass is 10.00. The molecule has 1 aromatic rings. The zero-order valence-electron chi connectivity index (χ0n) is 10.5. The van der Waals surface area contributed by atoms with Gasteiger partial charge in [-0.15, -0.1) is 6.58 Å². The zero-order valence-corrected chi connectivity index (χ0v) is 10.5. The smallest absolute Gasteiger partial charge is 0.164 e. The van der Waals surface area contributed by atoms with Crippen LogP contribution in [0.5, 0.6) is 11.5 Å². The van der Waals surface area contributed by atoms with E-state index in [1.165, 1.54) is 0 Å². The van der Waals surface area contributed by atoms with Gasteiger partial charge in [0.2, 0.25) is 0 Å². The van der Waals surface area contributed by atoms with Crippen LogP contribution in [0, 0.1) is 0 Å².